The van der Waals surface area contributed by atoms with E-state index in [9.17, 15) is 13.2 Å². The van der Waals surface area contributed by atoms with E-state index in [0.717, 1.165) is 6.26 Å². The van der Waals surface area contributed by atoms with Crippen LogP contribution in [0, 0.1) is 0 Å². The highest BCUT2D eigenvalue weighted by atomic mass is 35.5. The van der Waals surface area contributed by atoms with Crippen LogP contribution in [0.3, 0.4) is 0 Å². The van der Waals surface area contributed by atoms with Gasteiger partial charge in [-0.1, -0.05) is 59.6 Å². The van der Waals surface area contributed by atoms with Gasteiger partial charge < -0.3 is 5.32 Å². The van der Waals surface area contributed by atoms with Crippen LogP contribution in [0.1, 0.15) is 15.9 Å². The molecule has 0 bridgehead atoms. The highest BCUT2D eigenvalue weighted by Gasteiger charge is 2.21. The van der Waals surface area contributed by atoms with Crippen molar-refractivity contribution in [3.63, 3.8) is 0 Å². The summed E-state index contributed by atoms with van der Waals surface area (Å²) in [6, 6.07) is 20.6. The second-order valence-electron chi connectivity index (χ2n) is 6.36. The van der Waals surface area contributed by atoms with Gasteiger partial charge in [-0.05, 0) is 42.0 Å². The summed E-state index contributed by atoms with van der Waals surface area (Å²) in [5.41, 5.74) is 2.15. The van der Waals surface area contributed by atoms with Crippen LogP contribution in [0.4, 0.5) is 11.4 Å². The van der Waals surface area contributed by atoms with Crippen LogP contribution in [0.25, 0.3) is 0 Å². The summed E-state index contributed by atoms with van der Waals surface area (Å²) in [7, 11) is -3.61. The van der Waals surface area contributed by atoms with Gasteiger partial charge in [0, 0.05) is 11.3 Å². The van der Waals surface area contributed by atoms with E-state index in [-0.39, 0.29) is 22.5 Å². The van der Waals surface area contributed by atoms with Crippen molar-refractivity contribution in [2.75, 3.05) is 15.9 Å². The van der Waals surface area contributed by atoms with Gasteiger partial charge in [-0.3, -0.25) is 9.10 Å². The van der Waals surface area contributed by atoms with Crippen LogP contribution in [-0.2, 0) is 16.6 Å². The number of hydrogen-bond acceptors (Lipinski definition) is 3. The van der Waals surface area contributed by atoms with E-state index in [2.05, 4.69) is 5.32 Å². The van der Waals surface area contributed by atoms with E-state index in [1.807, 2.05) is 18.2 Å². The maximum Gasteiger partial charge on any atom is 0.255 e. The molecule has 0 aliphatic heterocycles. The predicted octanol–water partition coefficient (Wildman–Crippen LogP) is 5.21. The molecule has 3 aromatic rings. The molecule has 150 valence electrons. The molecule has 0 aliphatic rings. The minimum Gasteiger partial charge on any atom is -0.322 e. The van der Waals surface area contributed by atoms with Gasteiger partial charge in [0.2, 0.25) is 10.0 Å². The first-order valence-electron chi connectivity index (χ1n) is 8.63. The lowest BCUT2D eigenvalue weighted by atomic mass is 10.1. The molecule has 1 amide bonds. The number of hydrogen-bond donors (Lipinski definition) is 1. The Balaban J connectivity index is 1.81. The summed E-state index contributed by atoms with van der Waals surface area (Å²) in [6.45, 7) is 0.0550. The maximum atomic E-state index is 12.4. The van der Waals surface area contributed by atoms with Gasteiger partial charge >= 0.3 is 0 Å². The average Bonchev–Trinajstić information content (AvgIpc) is 2.69. The quantitative estimate of drug-likeness (QED) is 0.562. The van der Waals surface area contributed by atoms with Gasteiger partial charge in [0.1, 0.15) is 0 Å². The largest absolute Gasteiger partial charge is 0.322 e. The highest BCUT2D eigenvalue weighted by Crippen LogP contribution is 2.34. The number of anilines is 2. The Morgan fingerprint density at radius 1 is 0.931 bits per heavy atom. The molecule has 0 unspecified atom stereocenters. The maximum absolute atomic E-state index is 12.4. The molecule has 0 radical (unpaired) electrons. The minimum absolute atomic E-state index is 0.0550. The molecular formula is C21H18Cl2N2O3S. The first-order valence-corrected chi connectivity index (χ1v) is 11.2. The van der Waals surface area contributed by atoms with Crippen molar-refractivity contribution in [1.82, 2.24) is 0 Å². The Morgan fingerprint density at radius 2 is 1.59 bits per heavy atom. The number of sulfonamides is 1. The zero-order valence-electron chi connectivity index (χ0n) is 15.5. The molecule has 0 saturated heterocycles. The standard InChI is InChI=1S/C21H18Cl2N2O3S/c1-29(27,28)25(19-9-5-8-18(22)20(19)23)14-15-10-12-16(13-11-15)21(26)24-17-6-3-2-4-7-17/h2-13H,14H2,1H3,(H,24,26). The zero-order valence-corrected chi connectivity index (χ0v) is 17.8. The van der Waals surface area contributed by atoms with Crippen LogP contribution < -0.4 is 9.62 Å². The number of benzene rings is 3. The van der Waals surface area contributed by atoms with Gasteiger partial charge in [-0.2, -0.15) is 0 Å². The van der Waals surface area contributed by atoms with E-state index in [0.29, 0.717) is 22.5 Å². The second kappa shape index (κ2) is 8.86. The fourth-order valence-electron chi connectivity index (χ4n) is 2.72. The SMILES string of the molecule is CS(=O)(=O)N(Cc1ccc(C(=O)Nc2ccccc2)cc1)c1cccc(Cl)c1Cl. The number of carbonyl (C=O) groups is 1. The van der Waals surface area contributed by atoms with Gasteiger partial charge in [-0.25, -0.2) is 8.42 Å². The molecule has 0 atom stereocenters. The minimum atomic E-state index is -3.61. The van der Waals surface area contributed by atoms with Crippen molar-refractivity contribution >= 4 is 50.5 Å². The van der Waals surface area contributed by atoms with Crippen LogP contribution in [0.5, 0.6) is 0 Å². The van der Waals surface area contributed by atoms with E-state index in [4.69, 9.17) is 23.2 Å². The van der Waals surface area contributed by atoms with Gasteiger partial charge in [0.15, 0.2) is 0 Å². The lowest BCUT2D eigenvalue weighted by Crippen LogP contribution is -2.29. The molecule has 0 heterocycles. The number of carbonyl (C=O) groups excluding carboxylic acids is 1. The molecule has 0 aromatic heterocycles. The lowest BCUT2D eigenvalue weighted by molar-refractivity contribution is 0.102. The third-order valence-electron chi connectivity index (χ3n) is 4.17. The number of nitrogens with one attached hydrogen (secondary N) is 1. The van der Waals surface area contributed by atoms with Crippen molar-refractivity contribution < 1.29 is 13.2 Å². The van der Waals surface area contributed by atoms with Crippen LogP contribution in [0.2, 0.25) is 10.0 Å². The van der Waals surface area contributed by atoms with Crippen molar-refractivity contribution in [3.05, 3.63) is 94.0 Å². The van der Waals surface area contributed by atoms with Crippen LogP contribution in [-0.4, -0.2) is 20.6 Å². The van der Waals surface area contributed by atoms with Crippen LogP contribution >= 0.6 is 23.2 Å². The van der Waals surface area contributed by atoms with E-state index >= 15 is 0 Å². The van der Waals surface area contributed by atoms with Crippen molar-refractivity contribution in [2.45, 2.75) is 6.54 Å². The first kappa shape index (κ1) is 21.2. The molecule has 0 aliphatic carbocycles. The highest BCUT2D eigenvalue weighted by molar-refractivity contribution is 7.92. The monoisotopic (exact) mass is 448 g/mol. The molecule has 1 N–H and O–H groups in total. The third-order valence-corrected chi connectivity index (χ3v) is 6.11. The Hall–Kier alpha value is -2.54. The topological polar surface area (TPSA) is 66.5 Å². The summed E-state index contributed by atoms with van der Waals surface area (Å²) >= 11 is 12.2. The summed E-state index contributed by atoms with van der Waals surface area (Å²) in [4.78, 5) is 12.4. The summed E-state index contributed by atoms with van der Waals surface area (Å²) < 4.78 is 25.9. The molecule has 0 fully saturated rings. The van der Waals surface area contributed by atoms with Gasteiger partial charge in [0.05, 0.1) is 28.5 Å². The van der Waals surface area contributed by atoms with Crippen molar-refractivity contribution in [2.24, 2.45) is 0 Å². The normalized spacial score (nSPS) is 11.1. The van der Waals surface area contributed by atoms with Crippen LogP contribution in [0.15, 0.2) is 72.8 Å². The molecule has 0 spiro atoms. The zero-order chi connectivity index (χ0) is 21.0. The second-order valence-corrected chi connectivity index (χ2v) is 9.05. The molecule has 5 nitrogen and oxygen atoms in total. The fraction of sp³-hybridized carbons (Fsp3) is 0.0952. The Kier molecular flexibility index (Phi) is 6.47. The Labute approximate surface area is 179 Å². The van der Waals surface area contributed by atoms with Crippen molar-refractivity contribution in [3.8, 4) is 0 Å². The third kappa shape index (κ3) is 5.29. The number of halogens is 2. The summed E-state index contributed by atoms with van der Waals surface area (Å²) in [5, 5.41) is 3.24. The van der Waals surface area contributed by atoms with Gasteiger partial charge in [-0.15, -0.1) is 0 Å². The van der Waals surface area contributed by atoms with E-state index in [1.165, 1.54) is 4.31 Å². The average molecular weight is 449 g/mol. The molecule has 8 heteroatoms. The van der Waals surface area contributed by atoms with Crippen molar-refractivity contribution in [1.29, 1.82) is 0 Å². The molecule has 3 rings (SSSR count). The lowest BCUT2D eigenvalue weighted by Gasteiger charge is -2.24. The summed E-state index contributed by atoms with van der Waals surface area (Å²) in [5.74, 6) is -0.249. The van der Waals surface area contributed by atoms with E-state index in [1.54, 1.807) is 54.6 Å². The Morgan fingerprint density at radius 3 is 2.21 bits per heavy atom. The smallest absolute Gasteiger partial charge is 0.255 e. The molecule has 29 heavy (non-hydrogen) atoms. The molecule has 0 saturated carbocycles. The number of rotatable bonds is 6. The fourth-order valence-corrected chi connectivity index (χ4v) is 4.06. The van der Waals surface area contributed by atoms with Gasteiger partial charge in [0.25, 0.3) is 5.91 Å². The predicted molar refractivity (Wildman–Crippen MR) is 118 cm³/mol. The molecule has 3 aromatic carbocycles. The first-order chi connectivity index (χ1) is 13.8. The number of amides is 1. The molecular weight excluding hydrogens is 431 g/mol. The van der Waals surface area contributed by atoms with E-state index < -0.39 is 10.0 Å². The number of nitrogens with zero attached hydrogens (tertiary/aromatic N) is 1. The Bertz CT molecular complexity index is 1120. The summed E-state index contributed by atoms with van der Waals surface area (Å²) in [6.07, 6.45) is 1.10. The number of para-hydroxylation sites is 1.